The van der Waals surface area contributed by atoms with Gasteiger partial charge in [0.2, 0.25) is 0 Å². The molecule has 0 saturated heterocycles. The van der Waals surface area contributed by atoms with E-state index in [1.54, 1.807) is 12.3 Å². The molecule has 2 aromatic rings. The number of esters is 1. The van der Waals surface area contributed by atoms with Gasteiger partial charge in [-0.1, -0.05) is 24.3 Å². The van der Waals surface area contributed by atoms with Crippen LogP contribution in [-0.2, 0) is 11.3 Å². The lowest BCUT2D eigenvalue weighted by atomic mass is 10.0. The van der Waals surface area contributed by atoms with Crippen LogP contribution in [0.1, 0.15) is 33.3 Å². The zero-order chi connectivity index (χ0) is 15.2. The van der Waals surface area contributed by atoms with E-state index in [2.05, 4.69) is 15.0 Å². The van der Waals surface area contributed by atoms with E-state index in [0.29, 0.717) is 18.8 Å². The van der Waals surface area contributed by atoms with Crippen LogP contribution in [0.4, 0.5) is 0 Å². The molecule has 0 radical (unpaired) electrons. The maximum atomic E-state index is 11.3. The van der Waals surface area contributed by atoms with Crippen LogP contribution in [0.5, 0.6) is 0 Å². The number of H-pyrrole nitrogens is 1. The summed E-state index contributed by atoms with van der Waals surface area (Å²) in [5.41, 5.74) is 3.36. The van der Waals surface area contributed by atoms with E-state index in [-0.39, 0.29) is 5.97 Å². The number of aliphatic hydroxyl groups is 1. The Bertz CT molecular complexity index is 607. The minimum Gasteiger partial charge on any atom is -0.464 e. The first-order valence-electron chi connectivity index (χ1n) is 6.81. The van der Waals surface area contributed by atoms with Crippen LogP contribution in [-0.4, -0.2) is 29.7 Å². The Morgan fingerprint density at radius 2 is 2.19 bits per heavy atom. The van der Waals surface area contributed by atoms with Crippen molar-refractivity contribution < 1.29 is 14.6 Å². The molecule has 1 unspecified atom stereocenters. The number of benzene rings is 1. The molecule has 0 aliphatic carbocycles. The molecule has 0 amide bonds. The zero-order valence-corrected chi connectivity index (χ0v) is 12.2. The molecular formula is C16H20N2O3. The van der Waals surface area contributed by atoms with Gasteiger partial charge in [-0.2, -0.15) is 0 Å². The van der Waals surface area contributed by atoms with Gasteiger partial charge in [0, 0.05) is 19.3 Å². The van der Waals surface area contributed by atoms with Gasteiger partial charge >= 0.3 is 5.97 Å². The summed E-state index contributed by atoms with van der Waals surface area (Å²) in [5.74, 6) is -0.388. The summed E-state index contributed by atoms with van der Waals surface area (Å²) in [6.45, 7) is 2.99. The Morgan fingerprint density at radius 3 is 2.90 bits per heavy atom. The van der Waals surface area contributed by atoms with E-state index in [9.17, 15) is 9.90 Å². The highest BCUT2D eigenvalue weighted by Gasteiger charge is 2.11. The lowest BCUT2D eigenvalue weighted by Crippen LogP contribution is -2.21. The van der Waals surface area contributed by atoms with E-state index in [4.69, 9.17) is 0 Å². The molecule has 0 aliphatic rings. The monoisotopic (exact) mass is 288 g/mol. The second-order valence-corrected chi connectivity index (χ2v) is 4.92. The number of aliphatic hydroxyl groups excluding tert-OH is 1. The Kier molecular flexibility index (Phi) is 5.14. The molecule has 0 fully saturated rings. The zero-order valence-electron chi connectivity index (χ0n) is 12.2. The van der Waals surface area contributed by atoms with Crippen LogP contribution in [0, 0.1) is 6.92 Å². The van der Waals surface area contributed by atoms with Crippen molar-refractivity contribution in [3.8, 4) is 0 Å². The number of ether oxygens (including phenoxy) is 1. The summed E-state index contributed by atoms with van der Waals surface area (Å²) in [4.78, 5) is 14.2. The molecule has 2 rings (SSSR count). The molecule has 0 spiro atoms. The summed E-state index contributed by atoms with van der Waals surface area (Å²) in [6, 6.07) is 9.51. The molecule has 5 heteroatoms. The molecule has 0 saturated carbocycles. The number of nitrogens with one attached hydrogen (secondary N) is 2. The van der Waals surface area contributed by atoms with E-state index >= 15 is 0 Å². The Labute approximate surface area is 124 Å². The summed E-state index contributed by atoms with van der Waals surface area (Å²) in [6.07, 6.45) is 1.20. The molecule has 1 aromatic heterocycles. The maximum absolute atomic E-state index is 11.3. The van der Waals surface area contributed by atoms with Crippen molar-refractivity contribution in [2.24, 2.45) is 0 Å². The molecule has 1 heterocycles. The summed E-state index contributed by atoms with van der Waals surface area (Å²) >= 11 is 0. The first-order valence-corrected chi connectivity index (χ1v) is 6.81. The fourth-order valence-corrected chi connectivity index (χ4v) is 2.19. The first-order chi connectivity index (χ1) is 10.1. The minimum absolute atomic E-state index is 0.388. The smallest absolute Gasteiger partial charge is 0.354 e. The van der Waals surface area contributed by atoms with Crippen molar-refractivity contribution in [3.63, 3.8) is 0 Å². The van der Waals surface area contributed by atoms with Gasteiger partial charge in [0.15, 0.2) is 0 Å². The number of hydrogen-bond acceptors (Lipinski definition) is 4. The SMILES string of the molecule is COC(=O)c1cc(CNCC(O)c2ccccc2C)c[nH]1. The molecule has 21 heavy (non-hydrogen) atoms. The number of rotatable bonds is 6. The van der Waals surface area contributed by atoms with E-state index < -0.39 is 6.10 Å². The summed E-state index contributed by atoms with van der Waals surface area (Å²) in [5, 5.41) is 13.3. The Hall–Kier alpha value is -2.11. The topological polar surface area (TPSA) is 74.3 Å². The van der Waals surface area contributed by atoms with Gasteiger partial charge in [-0.05, 0) is 29.7 Å². The van der Waals surface area contributed by atoms with Crippen molar-refractivity contribution >= 4 is 5.97 Å². The molecule has 3 N–H and O–H groups in total. The standard InChI is InChI=1S/C16H20N2O3/c1-11-5-3-4-6-13(11)15(19)10-17-8-12-7-14(18-9-12)16(20)21-2/h3-7,9,15,17-19H,8,10H2,1-2H3. The van der Waals surface area contributed by atoms with Crippen LogP contribution < -0.4 is 5.32 Å². The fourth-order valence-electron chi connectivity index (χ4n) is 2.19. The summed E-state index contributed by atoms with van der Waals surface area (Å²) in [7, 11) is 1.35. The van der Waals surface area contributed by atoms with Crippen LogP contribution in [0.3, 0.4) is 0 Å². The molecule has 5 nitrogen and oxygen atoms in total. The van der Waals surface area contributed by atoms with Gasteiger partial charge < -0.3 is 20.1 Å². The predicted octanol–water partition coefficient (Wildman–Crippen LogP) is 1.93. The normalized spacial score (nSPS) is 12.1. The molecule has 0 bridgehead atoms. The summed E-state index contributed by atoms with van der Waals surface area (Å²) < 4.78 is 4.63. The molecule has 1 atom stereocenters. The third kappa shape index (κ3) is 3.93. The third-order valence-electron chi connectivity index (χ3n) is 3.36. The van der Waals surface area contributed by atoms with E-state index in [1.807, 2.05) is 31.2 Å². The number of aryl methyl sites for hydroxylation is 1. The number of aromatic nitrogens is 1. The lowest BCUT2D eigenvalue weighted by molar-refractivity contribution is 0.0595. The van der Waals surface area contributed by atoms with Crippen molar-refractivity contribution in [3.05, 3.63) is 58.9 Å². The highest BCUT2D eigenvalue weighted by atomic mass is 16.5. The second kappa shape index (κ2) is 7.06. The van der Waals surface area contributed by atoms with Gasteiger partial charge in [0.05, 0.1) is 13.2 Å². The van der Waals surface area contributed by atoms with Gasteiger partial charge in [-0.25, -0.2) is 4.79 Å². The lowest BCUT2D eigenvalue weighted by Gasteiger charge is -2.14. The van der Waals surface area contributed by atoms with Gasteiger partial charge in [-0.15, -0.1) is 0 Å². The number of carbonyl (C=O) groups is 1. The minimum atomic E-state index is -0.551. The van der Waals surface area contributed by atoms with E-state index in [1.165, 1.54) is 7.11 Å². The van der Waals surface area contributed by atoms with Crippen LogP contribution in [0.2, 0.25) is 0 Å². The largest absolute Gasteiger partial charge is 0.464 e. The number of hydrogen-bond donors (Lipinski definition) is 3. The first kappa shape index (κ1) is 15.3. The quantitative estimate of drug-likeness (QED) is 0.710. The maximum Gasteiger partial charge on any atom is 0.354 e. The van der Waals surface area contributed by atoms with Crippen LogP contribution in [0.15, 0.2) is 36.5 Å². The number of carbonyl (C=O) groups excluding carboxylic acids is 1. The van der Waals surface area contributed by atoms with E-state index in [0.717, 1.165) is 16.7 Å². The molecule has 1 aromatic carbocycles. The van der Waals surface area contributed by atoms with Crippen molar-refractivity contribution in [1.82, 2.24) is 10.3 Å². The predicted molar refractivity (Wildman–Crippen MR) is 80.0 cm³/mol. The van der Waals surface area contributed by atoms with Crippen LogP contribution in [0.25, 0.3) is 0 Å². The highest BCUT2D eigenvalue weighted by molar-refractivity contribution is 5.87. The van der Waals surface area contributed by atoms with Crippen molar-refractivity contribution in [1.29, 1.82) is 0 Å². The van der Waals surface area contributed by atoms with Gasteiger partial charge in [0.25, 0.3) is 0 Å². The van der Waals surface area contributed by atoms with Crippen LogP contribution >= 0.6 is 0 Å². The average molecular weight is 288 g/mol. The van der Waals surface area contributed by atoms with Crippen molar-refractivity contribution in [2.75, 3.05) is 13.7 Å². The highest BCUT2D eigenvalue weighted by Crippen LogP contribution is 2.16. The number of methoxy groups -OCH3 is 1. The Balaban J connectivity index is 1.85. The van der Waals surface area contributed by atoms with Crippen molar-refractivity contribution in [2.45, 2.75) is 19.6 Å². The number of aromatic amines is 1. The van der Waals surface area contributed by atoms with Gasteiger partial charge in [-0.3, -0.25) is 0 Å². The average Bonchev–Trinajstić information content (AvgIpc) is 2.95. The van der Waals surface area contributed by atoms with Gasteiger partial charge in [0.1, 0.15) is 5.69 Å². The second-order valence-electron chi connectivity index (χ2n) is 4.92. The fraction of sp³-hybridized carbons (Fsp3) is 0.312. The molecular weight excluding hydrogens is 268 g/mol. The molecule has 112 valence electrons. The Morgan fingerprint density at radius 1 is 1.43 bits per heavy atom. The molecule has 0 aliphatic heterocycles. The third-order valence-corrected chi connectivity index (χ3v) is 3.36.